The summed E-state index contributed by atoms with van der Waals surface area (Å²) in [7, 11) is -3.17. The van der Waals surface area contributed by atoms with Crippen molar-refractivity contribution in [3.8, 4) is 12.1 Å². The highest BCUT2D eigenvalue weighted by Crippen LogP contribution is 2.14. The van der Waals surface area contributed by atoms with Crippen LogP contribution in [0, 0.1) is 22.7 Å². The van der Waals surface area contributed by atoms with E-state index in [2.05, 4.69) is 19.1 Å². The molecule has 0 bridgehead atoms. The maximum absolute atomic E-state index is 12.9. The summed E-state index contributed by atoms with van der Waals surface area (Å²) in [6.45, 7) is 3.45. The second-order valence-electron chi connectivity index (χ2n) is 8.33. The minimum absolute atomic E-state index is 0.281. The van der Waals surface area contributed by atoms with Gasteiger partial charge >= 0.3 is 0 Å². The van der Waals surface area contributed by atoms with E-state index in [9.17, 15) is 8.42 Å². The molecule has 0 saturated carbocycles. The standard InChI is InChI=1S/C24H45N3O2S/c1-2-3-4-5-14-19-24-30(28,29)27(22-17-12-8-6-10-15-20-25)23-18-13-9-7-11-16-21-26/h2-19,22-24H2,1H3. The van der Waals surface area contributed by atoms with Gasteiger partial charge in [-0.1, -0.05) is 77.6 Å². The first-order chi connectivity index (χ1) is 14.6. The fraction of sp³-hybridized carbons (Fsp3) is 0.917. The van der Waals surface area contributed by atoms with Crippen LogP contribution in [-0.4, -0.2) is 31.6 Å². The molecule has 0 atom stereocenters. The molecular formula is C24H45N3O2S. The van der Waals surface area contributed by atoms with Gasteiger partial charge in [0.1, 0.15) is 0 Å². The average Bonchev–Trinajstić information content (AvgIpc) is 2.73. The number of hydrogen-bond acceptors (Lipinski definition) is 4. The van der Waals surface area contributed by atoms with E-state index in [0.717, 1.165) is 83.5 Å². The van der Waals surface area contributed by atoms with Gasteiger partial charge in [-0.3, -0.25) is 0 Å². The molecule has 0 aromatic heterocycles. The van der Waals surface area contributed by atoms with Gasteiger partial charge in [0.2, 0.25) is 10.0 Å². The van der Waals surface area contributed by atoms with Crippen LogP contribution in [0.1, 0.15) is 122 Å². The Morgan fingerprint density at radius 3 is 1.47 bits per heavy atom. The SMILES string of the molecule is CCCCCCCCS(=O)(=O)N(CCCCCCCC#N)CCCCCCCC#N. The van der Waals surface area contributed by atoms with Crippen LogP contribution in [0.4, 0.5) is 0 Å². The summed E-state index contributed by atoms with van der Waals surface area (Å²) >= 11 is 0. The van der Waals surface area contributed by atoms with Crippen molar-refractivity contribution in [2.24, 2.45) is 0 Å². The maximum atomic E-state index is 12.9. The van der Waals surface area contributed by atoms with E-state index >= 15 is 0 Å². The minimum atomic E-state index is -3.17. The molecular weight excluding hydrogens is 394 g/mol. The molecule has 0 spiro atoms. The van der Waals surface area contributed by atoms with Crippen LogP contribution in [0.25, 0.3) is 0 Å². The van der Waals surface area contributed by atoms with Gasteiger partial charge in [0.15, 0.2) is 0 Å². The monoisotopic (exact) mass is 439 g/mol. The predicted molar refractivity (Wildman–Crippen MR) is 125 cm³/mol. The quantitative estimate of drug-likeness (QED) is 0.175. The van der Waals surface area contributed by atoms with Gasteiger partial charge in [0.25, 0.3) is 0 Å². The lowest BCUT2D eigenvalue weighted by Crippen LogP contribution is -2.35. The maximum Gasteiger partial charge on any atom is 0.214 e. The van der Waals surface area contributed by atoms with Crippen molar-refractivity contribution in [1.29, 1.82) is 10.5 Å². The van der Waals surface area contributed by atoms with Gasteiger partial charge < -0.3 is 0 Å². The first-order valence-corrected chi connectivity index (χ1v) is 13.9. The van der Waals surface area contributed by atoms with Crippen LogP contribution in [0.2, 0.25) is 0 Å². The van der Waals surface area contributed by atoms with Crippen LogP contribution in [-0.2, 0) is 10.0 Å². The molecule has 0 aliphatic heterocycles. The third kappa shape index (κ3) is 17.7. The molecule has 174 valence electrons. The van der Waals surface area contributed by atoms with E-state index in [4.69, 9.17) is 10.5 Å². The van der Waals surface area contributed by atoms with Crippen LogP contribution in [0.5, 0.6) is 0 Å². The zero-order valence-electron chi connectivity index (χ0n) is 19.4. The van der Waals surface area contributed by atoms with Gasteiger partial charge in [-0.2, -0.15) is 10.5 Å². The van der Waals surface area contributed by atoms with E-state index in [-0.39, 0.29) is 5.75 Å². The molecule has 5 nitrogen and oxygen atoms in total. The minimum Gasteiger partial charge on any atom is -0.212 e. The molecule has 0 aliphatic rings. The molecule has 0 saturated heterocycles. The van der Waals surface area contributed by atoms with Crippen molar-refractivity contribution in [2.45, 2.75) is 122 Å². The number of hydrogen-bond donors (Lipinski definition) is 0. The highest BCUT2D eigenvalue weighted by Gasteiger charge is 2.20. The normalized spacial score (nSPS) is 11.5. The Balaban J connectivity index is 4.31. The summed E-state index contributed by atoms with van der Waals surface area (Å²) in [4.78, 5) is 0. The molecule has 0 amide bonds. The molecule has 0 aromatic carbocycles. The Hall–Kier alpha value is -1.11. The molecule has 0 heterocycles. The van der Waals surface area contributed by atoms with Crippen LogP contribution >= 0.6 is 0 Å². The molecule has 0 radical (unpaired) electrons. The van der Waals surface area contributed by atoms with Crippen molar-refractivity contribution < 1.29 is 8.42 Å². The van der Waals surface area contributed by atoms with Crippen molar-refractivity contribution in [3.63, 3.8) is 0 Å². The first-order valence-electron chi connectivity index (χ1n) is 12.3. The van der Waals surface area contributed by atoms with Gasteiger partial charge in [0.05, 0.1) is 17.9 Å². The fourth-order valence-corrected chi connectivity index (χ4v) is 5.27. The number of sulfonamides is 1. The number of nitriles is 2. The Bertz CT molecular complexity index is 536. The summed E-state index contributed by atoms with van der Waals surface area (Å²) in [5.41, 5.74) is 0. The van der Waals surface area contributed by atoms with E-state index in [1.54, 1.807) is 4.31 Å². The third-order valence-electron chi connectivity index (χ3n) is 5.54. The van der Waals surface area contributed by atoms with Crippen molar-refractivity contribution >= 4 is 10.0 Å². The van der Waals surface area contributed by atoms with Crippen LogP contribution in [0.15, 0.2) is 0 Å². The highest BCUT2D eigenvalue weighted by atomic mass is 32.2. The van der Waals surface area contributed by atoms with Crippen LogP contribution in [0.3, 0.4) is 0 Å². The zero-order chi connectivity index (χ0) is 22.3. The summed E-state index contributed by atoms with van der Waals surface area (Å²) in [6.07, 6.45) is 17.8. The largest absolute Gasteiger partial charge is 0.214 e. The zero-order valence-corrected chi connectivity index (χ0v) is 20.2. The Morgan fingerprint density at radius 1 is 0.600 bits per heavy atom. The van der Waals surface area contributed by atoms with Crippen molar-refractivity contribution in [1.82, 2.24) is 4.31 Å². The molecule has 0 rings (SSSR count). The summed E-state index contributed by atoms with van der Waals surface area (Å²) in [5, 5.41) is 17.2. The van der Waals surface area contributed by atoms with Gasteiger partial charge in [-0.05, 0) is 32.1 Å². The molecule has 0 aromatic rings. The Morgan fingerprint density at radius 2 is 1.00 bits per heavy atom. The van der Waals surface area contributed by atoms with Gasteiger partial charge in [-0.15, -0.1) is 0 Å². The van der Waals surface area contributed by atoms with E-state index in [0.29, 0.717) is 25.9 Å². The van der Waals surface area contributed by atoms with Crippen LogP contribution < -0.4 is 0 Å². The molecule has 0 N–H and O–H groups in total. The molecule has 0 unspecified atom stereocenters. The van der Waals surface area contributed by atoms with E-state index in [1.165, 1.54) is 19.3 Å². The smallest absolute Gasteiger partial charge is 0.212 e. The molecule has 30 heavy (non-hydrogen) atoms. The molecule has 0 fully saturated rings. The first kappa shape index (κ1) is 28.9. The topological polar surface area (TPSA) is 85.0 Å². The number of rotatable bonds is 22. The van der Waals surface area contributed by atoms with Crippen molar-refractivity contribution in [3.05, 3.63) is 0 Å². The highest BCUT2D eigenvalue weighted by molar-refractivity contribution is 7.89. The lowest BCUT2D eigenvalue weighted by molar-refractivity contribution is 0.383. The lowest BCUT2D eigenvalue weighted by Gasteiger charge is -2.22. The van der Waals surface area contributed by atoms with E-state index in [1.807, 2.05) is 0 Å². The molecule has 6 heteroatoms. The predicted octanol–water partition coefficient (Wildman–Crippen LogP) is 6.71. The fourth-order valence-electron chi connectivity index (χ4n) is 3.63. The molecule has 0 aliphatic carbocycles. The summed E-state index contributed by atoms with van der Waals surface area (Å²) < 4.78 is 27.5. The lowest BCUT2D eigenvalue weighted by atomic mass is 10.1. The second-order valence-corrected chi connectivity index (χ2v) is 10.4. The third-order valence-corrected chi connectivity index (χ3v) is 7.50. The summed E-state index contributed by atoms with van der Waals surface area (Å²) in [5.74, 6) is 0.281. The summed E-state index contributed by atoms with van der Waals surface area (Å²) in [6, 6.07) is 4.35. The van der Waals surface area contributed by atoms with E-state index < -0.39 is 10.0 Å². The Labute approximate surface area is 186 Å². The van der Waals surface area contributed by atoms with Crippen molar-refractivity contribution in [2.75, 3.05) is 18.8 Å². The number of nitrogens with zero attached hydrogens (tertiary/aromatic N) is 3. The Kier molecular flexibility index (Phi) is 20.4. The number of unbranched alkanes of at least 4 members (excludes halogenated alkanes) is 15. The average molecular weight is 440 g/mol. The van der Waals surface area contributed by atoms with Gasteiger partial charge in [-0.25, -0.2) is 12.7 Å². The second kappa shape index (κ2) is 21.1. The van der Waals surface area contributed by atoms with Gasteiger partial charge in [0, 0.05) is 25.9 Å².